The number of hydrogen-bond donors (Lipinski definition) is 1. The van der Waals surface area contributed by atoms with Crippen molar-refractivity contribution in [2.24, 2.45) is 7.05 Å². The van der Waals surface area contributed by atoms with Crippen molar-refractivity contribution < 1.29 is 19.0 Å². The summed E-state index contributed by atoms with van der Waals surface area (Å²) >= 11 is 0. The number of nitrogens with zero attached hydrogens (tertiary/aromatic N) is 1. The van der Waals surface area contributed by atoms with Crippen LogP contribution >= 0.6 is 0 Å². The summed E-state index contributed by atoms with van der Waals surface area (Å²) in [5, 5.41) is 10.2. The molecule has 102 valence electrons. The van der Waals surface area contributed by atoms with E-state index >= 15 is 0 Å². The van der Waals surface area contributed by atoms with Crippen molar-refractivity contribution in [1.29, 1.82) is 0 Å². The van der Waals surface area contributed by atoms with Gasteiger partial charge in [-0.1, -0.05) is 6.07 Å². The molecule has 0 amide bonds. The van der Waals surface area contributed by atoms with Crippen LogP contribution in [-0.4, -0.2) is 35.6 Å². The molecule has 1 saturated heterocycles. The molecule has 2 atom stereocenters. The number of ether oxygens (including phenoxy) is 2. The maximum atomic E-state index is 11.4. The van der Waals surface area contributed by atoms with Gasteiger partial charge in [0.25, 0.3) is 0 Å². The number of oxazole rings is 1. The Morgan fingerprint density at radius 3 is 3.00 bits per heavy atom. The van der Waals surface area contributed by atoms with Crippen LogP contribution in [0, 0.1) is 0 Å². The smallest absolute Gasteiger partial charge is 0.408 e. The van der Waals surface area contributed by atoms with Gasteiger partial charge in [0, 0.05) is 7.05 Å². The molecule has 1 aromatic heterocycles. The Morgan fingerprint density at radius 1 is 1.42 bits per heavy atom. The van der Waals surface area contributed by atoms with Gasteiger partial charge in [0.2, 0.25) is 0 Å². The van der Waals surface area contributed by atoms with E-state index in [9.17, 15) is 9.90 Å². The number of fused-ring (bicyclic) bond motifs is 1. The Labute approximate surface area is 109 Å². The van der Waals surface area contributed by atoms with Crippen LogP contribution < -0.4 is 5.76 Å². The van der Waals surface area contributed by atoms with Crippen LogP contribution in [0.5, 0.6) is 0 Å². The van der Waals surface area contributed by atoms with E-state index in [1.807, 2.05) is 0 Å². The maximum absolute atomic E-state index is 11.4. The number of aliphatic hydroxyl groups excluding tert-OH is 1. The van der Waals surface area contributed by atoms with Crippen molar-refractivity contribution in [2.45, 2.75) is 12.2 Å². The van der Waals surface area contributed by atoms with Crippen molar-refractivity contribution >= 4 is 11.1 Å². The summed E-state index contributed by atoms with van der Waals surface area (Å²) in [6, 6.07) is 5.18. The highest BCUT2D eigenvalue weighted by Gasteiger charge is 2.25. The minimum absolute atomic E-state index is 0.359. The fraction of sp³-hybridized carbons (Fsp3) is 0.462. The lowest BCUT2D eigenvalue weighted by molar-refractivity contribution is -0.133. The molecule has 0 saturated carbocycles. The zero-order chi connectivity index (χ0) is 13.4. The highest BCUT2D eigenvalue weighted by Crippen LogP contribution is 2.24. The first-order valence-corrected chi connectivity index (χ1v) is 6.14. The van der Waals surface area contributed by atoms with Crippen molar-refractivity contribution in [3.05, 3.63) is 34.3 Å². The molecular formula is C13H15NO5. The van der Waals surface area contributed by atoms with E-state index in [1.165, 1.54) is 4.57 Å². The second-order valence-electron chi connectivity index (χ2n) is 4.58. The molecule has 1 fully saturated rings. The van der Waals surface area contributed by atoms with Crippen LogP contribution in [0.3, 0.4) is 0 Å². The lowest BCUT2D eigenvalue weighted by Crippen LogP contribution is -2.33. The number of hydrogen-bond acceptors (Lipinski definition) is 5. The molecule has 2 heterocycles. The zero-order valence-electron chi connectivity index (χ0n) is 10.5. The number of aryl methyl sites for hydroxylation is 1. The third-order valence-electron chi connectivity index (χ3n) is 3.35. The molecule has 2 unspecified atom stereocenters. The monoisotopic (exact) mass is 265 g/mol. The van der Waals surface area contributed by atoms with E-state index in [0.717, 1.165) is 0 Å². The third kappa shape index (κ3) is 2.18. The summed E-state index contributed by atoms with van der Waals surface area (Å²) in [5.74, 6) is -0.418. The minimum atomic E-state index is -0.796. The fourth-order valence-corrected chi connectivity index (χ4v) is 2.24. The molecule has 3 rings (SSSR count). The number of aliphatic hydroxyl groups is 1. The van der Waals surface area contributed by atoms with Gasteiger partial charge in [-0.05, 0) is 17.7 Å². The van der Waals surface area contributed by atoms with Gasteiger partial charge < -0.3 is 19.0 Å². The maximum Gasteiger partial charge on any atom is 0.419 e. The zero-order valence-corrected chi connectivity index (χ0v) is 10.5. The molecule has 1 aliphatic rings. The minimum Gasteiger partial charge on any atom is -0.408 e. The van der Waals surface area contributed by atoms with Gasteiger partial charge in [-0.15, -0.1) is 0 Å². The molecule has 1 N–H and O–H groups in total. The van der Waals surface area contributed by atoms with Gasteiger partial charge in [0.15, 0.2) is 5.58 Å². The number of aromatic nitrogens is 1. The molecule has 6 nitrogen and oxygen atoms in total. The topological polar surface area (TPSA) is 73.8 Å². The highest BCUT2D eigenvalue weighted by molar-refractivity contribution is 5.73. The first-order chi connectivity index (χ1) is 9.16. The van der Waals surface area contributed by atoms with E-state index in [2.05, 4.69) is 0 Å². The van der Waals surface area contributed by atoms with E-state index in [-0.39, 0.29) is 6.10 Å². The quantitative estimate of drug-likeness (QED) is 0.859. The third-order valence-corrected chi connectivity index (χ3v) is 3.35. The molecule has 0 radical (unpaired) electrons. The SMILES string of the molecule is Cn1c(=O)oc2cc(C(O)C3COCCO3)ccc21. The number of rotatable bonds is 2. The molecule has 1 aromatic carbocycles. The van der Waals surface area contributed by atoms with E-state index < -0.39 is 11.9 Å². The van der Waals surface area contributed by atoms with Gasteiger partial charge in [0.05, 0.1) is 25.3 Å². The molecule has 0 bridgehead atoms. The van der Waals surface area contributed by atoms with Gasteiger partial charge in [-0.25, -0.2) is 4.79 Å². The Bertz CT molecular complexity index is 638. The van der Waals surface area contributed by atoms with Gasteiger partial charge >= 0.3 is 5.76 Å². The second-order valence-corrected chi connectivity index (χ2v) is 4.58. The average Bonchev–Trinajstić information content (AvgIpc) is 2.74. The van der Waals surface area contributed by atoms with Crippen molar-refractivity contribution in [1.82, 2.24) is 4.57 Å². The number of benzene rings is 1. The van der Waals surface area contributed by atoms with Crippen molar-refractivity contribution in [2.75, 3.05) is 19.8 Å². The standard InChI is InChI=1S/C13H15NO5/c1-14-9-3-2-8(6-10(9)19-13(14)16)12(15)11-7-17-4-5-18-11/h2-3,6,11-12,15H,4-5,7H2,1H3. The van der Waals surface area contributed by atoms with Gasteiger partial charge in [-0.3, -0.25) is 4.57 Å². The molecule has 2 aromatic rings. The molecule has 0 aliphatic carbocycles. The normalized spacial score (nSPS) is 21.7. The molecular weight excluding hydrogens is 250 g/mol. The van der Waals surface area contributed by atoms with E-state index in [4.69, 9.17) is 13.9 Å². The van der Waals surface area contributed by atoms with Crippen LogP contribution in [0.4, 0.5) is 0 Å². The van der Waals surface area contributed by atoms with Crippen LogP contribution in [0.2, 0.25) is 0 Å². The molecule has 19 heavy (non-hydrogen) atoms. The van der Waals surface area contributed by atoms with Crippen molar-refractivity contribution in [3.63, 3.8) is 0 Å². The highest BCUT2D eigenvalue weighted by atomic mass is 16.6. The van der Waals surface area contributed by atoms with Crippen LogP contribution in [0.25, 0.3) is 11.1 Å². The molecule has 0 spiro atoms. The fourth-order valence-electron chi connectivity index (χ4n) is 2.24. The predicted octanol–water partition coefficient (Wildman–Crippen LogP) is 0.580. The van der Waals surface area contributed by atoms with Crippen molar-refractivity contribution in [3.8, 4) is 0 Å². The summed E-state index contributed by atoms with van der Waals surface area (Å²) < 4.78 is 17.3. The molecule has 1 aliphatic heterocycles. The Balaban J connectivity index is 1.94. The lowest BCUT2D eigenvalue weighted by Gasteiger charge is -2.27. The Kier molecular flexibility index (Phi) is 3.14. The summed E-state index contributed by atoms with van der Waals surface area (Å²) in [6.07, 6.45) is -1.18. The van der Waals surface area contributed by atoms with Crippen LogP contribution in [0.1, 0.15) is 11.7 Å². The van der Waals surface area contributed by atoms with Gasteiger partial charge in [-0.2, -0.15) is 0 Å². The Morgan fingerprint density at radius 2 is 2.26 bits per heavy atom. The summed E-state index contributed by atoms with van der Waals surface area (Å²) in [5.41, 5.74) is 1.81. The average molecular weight is 265 g/mol. The summed E-state index contributed by atoms with van der Waals surface area (Å²) in [4.78, 5) is 11.4. The Hall–Kier alpha value is -1.63. The predicted molar refractivity (Wildman–Crippen MR) is 67.0 cm³/mol. The first-order valence-electron chi connectivity index (χ1n) is 6.14. The lowest BCUT2D eigenvalue weighted by atomic mass is 10.0. The second kappa shape index (κ2) is 4.80. The summed E-state index contributed by atoms with van der Waals surface area (Å²) in [6.45, 7) is 1.39. The molecule has 6 heteroatoms. The first kappa shape index (κ1) is 12.4. The van der Waals surface area contributed by atoms with Gasteiger partial charge in [0.1, 0.15) is 12.2 Å². The van der Waals surface area contributed by atoms with Crippen LogP contribution in [0.15, 0.2) is 27.4 Å². The van der Waals surface area contributed by atoms with E-state index in [1.54, 1.807) is 25.2 Å². The summed E-state index contributed by atoms with van der Waals surface area (Å²) in [7, 11) is 1.64. The largest absolute Gasteiger partial charge is 0.419 e. The van der Waals surface area contributed by atoms with E-state index in [0.29, 0.717) is 36.5 Å². The van der Waals surface area contributed by atoms with Crippen LogP contribution in [-0.2, 0) is 16.5 Å².